The van der Waals surface area contributed by atoms with Crippen LogP contribution < -0.4 is 15.2 Å². The van der Waals surface area contributed by atoms with Gasteiger partial charge in [-0.15, -0.1) is 12.8 Å². The molecule has 0 N–H and O–H groups in total. The van der Waals surface area contributed by atoms with E-state index in [1.165, 1.54) is 0 Å². The zero-order chi connectivity index (χ0) is 15.0. The Morgan fingerprint density at radius 1 is 1.30 bits per heavy atom. The molecular formula is C18H18O2. The van der Waals surface area contributed by atoms with Crippen LogP contribution in [0.25, 0.3) is 12.3 Å². The highest BCUT2D eigenvalue weighted by Crippen LogP contribution is 2.13. The maximum atomic E-state index is 5.56. The van der Waals surface area contributed by atoms with E-state index < -0.39 is 0 Å². The summed E-state index contributed by atoms with van der Waals surface area (Å²) in [6.07, 6.45) is 14.2. The van der Waals surface area contributed by atoms with Gasteiger partial charge in [-0.25, -0.2) is 0 Å². The zero-order valence-corrected chi connectivity index (χ0v) is 11.9. The van der Waals surface area contributed by atoms with Gasteiger partial charge in [-0.1, -0.05) is 24.5 Å². The second kappa shape index (κ2) is 7.77. The molecule has 2 nitrogen and oxygen atoms in total. The van der Waals surface area contributed by atoms with E-state index in [0.29, 0.717) is 5.76 Å². The highest BCUT2D eigenvalue weighted by atomic mass is 16.5. The van der Waals surface area contributed by atoms with E-state index in [0.717, 1.165) is 21.8 Å². The summed E-state index contributed by atoms with van der Waals surface area (Å²) in [5, 5.41) is 1.69. The van der Waals surface area contributed by atoms with Crippen LogP contribution in [-0.2, 0) is 4.74 Å². The van der Waals surface area contributed by atoms with Crippen LogP contribution in [0, 0.1) is 31.6 Å². The predicted octanol–water partition coefficient (Wildman–Crippen LogP) is 1.75. The number of ether oxygens (including phenoxy) is 2. The first-order valence-electron chi connectivity index (χ1n) is 6.23. The Hall–Kier alpha value is -2.58. The first-order chi connectivity index (χ1) is 9.63. The van der Waals surface area contributed by atoms with Crippen molar-refractivity contribution in [3.05, 3.63) is 40.3 Å². The normalized spacial score (nSPS) is 11.6. The topological polar surface area (TPSA) is 18.5 Å². The number of hydrogen-bond acceptors (Lipinski definition) is 2. The molecule has 1 aromatic rings. The van der Waals surface area contributed by atoms with Crippen molar-refractivity contribution in [1.29, 1.82) is 0 Å². The molecule has 1 rings (SSSR count). The van der Waals surface area contributed by atoms with E-state index in [4.69, 9.17) is 22.3 Å². The van der Waals surface area contributed by atoms with Gasteiger partial charge in [0.05, 0.1) is 0 Å². The fourth-order valence-corrected chi connectivity index (χ4v) is 1.74. The first kappa shape index (κ1) is 15.5. The van der Waals surface area contributed by atoms with Crippen LogP contribution in [0.1, 0.15) is 12.5 Å². The zero-order valence-electron chi connectivity index (χ0n) is 11.9. The smallest absolute Gasteiger partial charge is 0.148 e. The summed E-state index contributed by atoms with van der Waals surface area (Å²) in [7, 11) is 0. The summed E-state index contributed by atoms with van der Waals surface area (Å²) in [6.45, 7) is 8.31. The quantitative estimate of drug-likeness (QED) is 0.756. The van der Waals surface area contributed by atoms with Gasteiger partial charge in [0.25, 0.3) is 0 Å². The molecule has 0 bridgehead atoms. The van der Waals surface area contributed by atoms with Crippen molar-refractivity contribution in [2.45, 2.75) is 13.8 Å². The minimum atomic E-state index is 0.202. The fourth-order valence-electron chi connectivity index (χ4n) is 1.74. The molecule has 0 spiro atoms. The van der Waals surface area contributed by atoms with Crippen molar-refractivity contribution in [1.82, 2.24) is 0 Å². The summed E-state index contributed by atoms with van der Waals surface area (Å²) < 4.78 is 11.1. The SMILES string of the molecule is C#CCOC(/C=C\C)=c1\cc(OCC#C)c(C)cc1=C. The lowest BCUT2D eigenvalue weighted by atomic mass is 10.1. The monoisotopic (exact) mass is 266 g/mol. The second-order valence-corrected chi connectivity index (χ2v) is 4.12. The van der Waals surface area contributed by atoms with Gasteiger partial charge in [0.15, 0.2) is 0 Å². The molecule has 0 aromatic heterocycles. The number of rotatable bonds is 5. The third kappa shape index (κ3) is 3.97. The minimum Gasteiger partial charge on any atom is -0.481 e. The summed E-state index contributed by atoms with van der Waals surface area (Å²) in [4.78, 5) is 0. The molecule has 20 heavy (non-hydrogen) atoms. The highest BCUT2D eigenvalue weighted by molar-refractivity contribution is 5.52. The van der Waals surface area contributed by atoms with Crippen molar-refractivity contribution in [3.63, 3.8) is 0 Å². The standard InChI is InChI=1S/C18H18O2/c1-6-9-17(19-10-7-2)16-13-18(20-11-8-3)15(5)12-14(16)4/h2-3,6,9,12-13H,4,10-11H2,1,5H3/b9-6-,17-16+. The molecule has 0 aliphatic heterocycles. The lowest BCUT2D eigenvalue weighted by molar-refractivity contribution is 0.326. The van der Waals surface area contributed by atoms with Crippen LogP contribution in [0.3, 0.4) is 0 Å². The largest absolute Gasteiger partial charge is 0.481 e. The third-order valence-corrected chi connectivity index (χ3v) is 2.61. The molecule has 102 valence electrons. The molecule has 0 unspecified atom stereocenters. The molecule has 1 aromatic carbocycles. The molecular weight excluding hydrogens is 248 g/mol. The van der Waals surface area contributed by atoms with Gasteiger partial charge in [-0.2, -0.15) is 0 Å². The maximum absolute atomic E-state index is 5.56. The molecule has 0 fully saturated rings. The number of aryl methyl sites for hydroxylation is 1. The Morgan fingerprint density at radius 3 is 2.60 bits per heavy atom. The van der Waals surface area contributed by atoms with Gasteiger partial charge >= 0.3 is 0 Å². The van der Waals surface area contributed by atoms with Crippen molar-refractivity contribution >= 4 is 12.3 Å². The lowest BCUT2D eigenvalue weighted by Crippen LogP contribution is -2.27. The van der Waals surface area contributed by atoms with Crippen LogP contribution in [0.15, 0.2) is 24.3 Å². The third-order valence-electron chi connectivity index (χ3n) is 2.61. The molecule has 0 heterocycles. The van der Waals surface area contributed by atoms with E-state index in [2.05, 4.69) is 18.4 Å². The molecule has 0 saturated heterocycles. The number of terminal acetylenes is 2. The summed E-state index contributed by atoms with van der Waals surface area (Å²) >= 11 is 0. The number of hydrogen-bond donors (Lipinski definition) is 0. The van der Waals surface area contributed by atoms with Crippen LogP contribution >= 0.6 is 0 Å². The average molecular weight is 266 g/mol. The number of benzene rings is 1. The Balaban J connectivity index is 3.43. The van der Waals surface area contributed by atoms with Crippen LogP contribution in [-0.4, -0.2) is 13.2 Å². The van der Waals surface area contributed by atoms with E-state index >= 15 is 0 Å². The van der Waals surface area contributed by atoms with Crippen molar-refractivity contribution in [3.8, 4) is 30.4 Å². The summed E-state index contributed by atoms with van der Waals surface area (Å²) in [6, 6.07) is 3.81. The van der Waals surface area contributed by atoms with Crippen molar-refractivity contribution in [2.24, 2.45) is 0 Å². The fraction of sp³-hybridized carbons (Fsp3) is 0.222. The maximum Gasteiger partial charge on any atom is 0.148 e. The second-order valence-electron chi connectivity index (χ2n) is 4.12. The first-order valence-corrected chi connectivity index (χ1v) is 6.23. The van der Waals surface area contributed by atoms with Gasteiger partial charge in [0.2, 0.25) is 0 Å². The molecule has 2 heteroatoms. The van der Waals surface area contributed by atoms with Gasteiger partial charge in [-0.05, 0) is 42.8 Å². The Morgan fingerprint density at radius 2 is 2.00 bits per heavy atom. The van der Waals surface area contributed by atoms with E-state index in [-0.39, 0.29) is 13.2 Å². The van der Waals surface area contributed by atoms with Crippen LogP contribution in [0.5, 0.6) is 5.75 Å². The lowest BCUT2D eigenvalue weighted by Gasteiger charge is -2.09. The van der Waals surface area contributed by atoms with Gasteiger partial charge < -0.3 is 9.47 Å². The Labute approximate surface area is 120 Å². The van der Waals surface area contributed by atoms with Crippen molar-refractivity contribution < 1.29 is 9.47 Å². The van der Waals surface area contributed by atoms with Crippen molar-refractivity contribution in [2.75, 3.05) is 13.2 Å². The highest BCUT2D eigenvalue weighted by Gasteiger charge is 2.03. The molecule has 0 aliphatic carbocycles. The molecule has 0 aliphatic rings. The average Bonchev–Trinajstić information content (AvgIpc) is 2.43. The van der Waals surface area contributed by atoms with Gasteiger partial charge in [-0.3, -0.25) is 0 Å². The molecule has 0 saturated carbocycles. The Kier molecular flexibility index (Phi) is 6.01. The predicted molar refractivity (Wildman–Crippen MR) is 83.3 cm³/mol. The van der Waals surface area contributed by atoms with Crippen LogP contribution in [0.4, 0.5) is 0 Å². The van der Waals surface area contributed by atoms with Gasteiger partial charge in [0.1, 0.15) is 24.7 Å². The molecule has 0 amide bonds. The Bertz CT molecular complexity index is 682. The number of allylic oxidation sites excluding steroid dienone is 1. The van der Waals surface area contributed by atoms with E-state index in [9.17, 15) is 0 Å². The van der Waals surface area contributed by atoms with E-state index in [1.807, 2.05) is 38.1 Å². The molecule has 0 radical (unpaired) electrons. The summed E-state index contributed by atoms with van der Waals surface area (Å²) in [5.74, 6) is 6.29. The van der Waals surface area contributed by atoms with Gasteiger partial charge in [0, 0.05) is 5.22 Å². The summed E-state index contributed by atoms with van der Waals surface area (Å²) in [5.41, 5.74) is 0.978. The minimum absolute atomic E-state index is 0.202. The van der Waals surface area contributed by atoms with Crippen LogP contribution in [0.2, 0.25) is 0 Å². The van der Waals surface area contributed by atoms with E-state index in [1.54, 1.807) is 0 Å². The molecule has 0 atom stereocenters.